The second-order valence-corrected chi connectivity index (χ2v) is 5.55. The maximum absolute atomic E-state index is 11.8. The molecule has 0 bridgehead atoms. The summed E-state index contributed by atoms with van der Waals surface area (Å²) in [5, 5.41) is 20.3. The van der Waals surface area contributed by atoms with Crippen LogP contribution in [0.15, 0.2) is 24.3 Å². The summed E-state index contributed by atoms with van der Waals surface area (Å²) in [6, 6.07) is 6.63. The third-order valence-corrected chi connectivity index (χ3v) is 3.48. The van der Waals surface area contributed by atoms with Crippen LogP contribution in [0.1, 0.15) is 23.1 Å². The predicted octanol–water partition coefficient (Wildman–Crippen LogP) is 2.42. The number of H-pyrrole nitrogens is 1. The summed E-state index contributed by atoms with van der Waals surface area (Å²) in [6.07, 6.45) is -0.731. The molecule has 3 N–H and O–H groups in total. The fourth-order valence-electron chi connectivity index (χ4n) is 1.88. The van der Waals surface area contributed by atoms with Gasteiger partial charge in [-0.25, -0.2) is 0 Å². The van der Waals surface area contributed by atoms with Gasteiger partial charge in [0, 0.05) is 27.8 Å². The third kappa shape index (κ3) is 4.46. The molecule has 2 rings (SSSR count). The van der Waals surface area contributed by atoms with Gasteiger partial charge in [-0.15, -0.1) is 0 Å². The van der Waals surface area contributed by atoms with Crippen LogP contribution in [-0.4, -0.2) is 27.8 Å². The van der Waals surface area contributed by atoms with Crippen LogP contribution in [0.2, 0.25) is 10.0 Å². The molecule has 0 saturated heterocycles. The summed E-state index contributed by atoms with van der Waals surface area (Å²) in [4.78, 5) is 11.8. The van der Waals surface area contributed by atoms with Gasteiger partial charge in [-0.1, -0.05) is 29.3 Å². The monoisotopic (exact) mass is 327 g/mol. The van der Waals surface area contributed by atoms with Crippen molar-refractivity contribution in [2.45, 2.75) is 19.4 Å². The Morgan fingerprint density at radius 2 is 2.19 bits per heavy atom. The lowest BCUT2D eigenvalue weighted by atomic mass is 10.1. The Kier molecular flexibility index (Phi) is 5.22. The molecular formula is C14H15Cl2N3O2. The van der Waals surface area contributed by atoms with E-state index in [2.05, 4.69) is 15.5 Å². The molecule has 0 spiro atoms. The zero-order valence-corrected chi connectivity index (χ0v) is 12.9. The number of nitrogens with one attached hydrogen (secondary N) is 2. The predicted molar refractivity (Wildman–Crippen MR) is 81.5 cm³/mol. The first-order valence-corrected chi connectivity index (χ1v) is 7.12. The SMILES string of the molecule is Cc1cc(CC(=O)NCC(O)c2ccc(Cl)cc2Cl)n[nH]1. The first kappa shape index (κ1) is 15.8. The summed E-state index contributed by atoms with van der Waals surface area (Å²) in [5.74, 6) is -0.217. The first-order valence-electron chi connectivity index (χ1n) is 6.36. The number of rotatable bonds is 5. The molecule has 5 nitrogen and oxygen atoms in total. The van der Waals surface area contributed by atoms with Crippen LogP contribution in [-0.2, 0) is 11.2 Å². The van der Waals surface area contributed by atoms with Gasteiger partial charge < -0.3 is 10.4 Å². The fraction of sp³-hybridized carbons (Fsp3) is 0.286. The highest BCUT2D eigenvalue weighted by Crippen LogP contribution is 2.25. The van der Waals surface area contributed by atoms with E-state index >= 15 is 0 Å². The molecule has 1 amide bonds. The topological polar surface area (TPSA) is 78.0 Å². The van der Waals surface area contributed by atoms with Crippen molar-refractivity contribution in [3.05, 3.63) is 51.3 Å². The van der Waals surface area contributed by atoms with Crippen molar-refractivity contribution in [3.63, 3.8) is 0 Å². The van der Waals surface area contributed by atoms with Crippen LogP contribution in [0.5, 0.6) is 0 Å². The van der Waals surface area contributed by atoms with Crippen LogP contribution in [0, 0.1) is 6.92 Å². The molecule has 0 aliphatic heterocycles. The smallest absolute Gasteiger partial charge is 0.226 e. The van der Waals surface area contributed by atoms with E-state index in [4.69, 9.17) is 23.2 Å². The Labute approximate surface area is 132 Å². The summed E-state index contributed by atoms with van der Waals surface area (Å²) in [6.45, 7) is 1.93. The summed E-state index contributed by atoms with van der Waals surface area (Å²) in [5.41, 5.74) is 2.08. The molecule has 1 unspecified atom stereocenters. The normalized spacial score (nSPS) is 12.2. The molecule has 1 aromatic carbocycles. The second kappa shape index (κ2) is 6.93. The number of hydrogen-bond donors (Lipinski definition) is 3. The van der Waals surface area contributed by atoms with Crippen molar-refractivity contribution >= 4 is 29.1 Å². The number of aryl methyl sites for hydroxylation is 1. The van der Waals surface area contributed by atoms with Gasteiger partial charge in [0.25, 0.3) is 0 Å². The number of halogens is 2. The molecule has 0 radical (unpaired) electrons. The van der Waals surface area contributed by atoms with Crippen molar-refractivity contribution < 1.29 is 9.90 Å². The lowest BCUT2D eigenvalue weighted by Gasteiger charge is -2.13. The van der Waals surface area contributed by atoms with Crippen molar-refractivity contribution in [1.29, 1.82) is 0 Å². The molecule has 0 saturated carbocycles. The average Bonchev–Trinajstić information content (AvgIpc) is 2.81. The number of aliphatic hydroxyl groups is 1. The van der Waals surface area contributed by atoms with E-state index in [1.54, 1.807) is 24.3 Å². The molecule has 0 fully saturated rings. The molecule has 7 heteroatoms. The molecule has 21 heavy (non-hydrogen) atoms. The fourth-order valence-corrected chi connectivity index (χ4v) is 2.42. The number of benzene rings is 1. The highest BCUT2D eigenvalue weighted by atomic mass is 35.5. The highest BCUT2D eigenvalue weighted by Gasteiger charge is 2.14. The lowest BCUT2D eigenvalue weighted by molar-refractivity contribution is -0.120. The van der Waals surface area contributed by atoms with Crippen molar-refractivity contribution in [1.82, 2.24) is 15.5 Å². The number of aromatic nitrogens is 2. The van der Waals surface area contributed by atoms with Crippen molar-refractivity contribution in [2.24, 2.45) is 0 Å². The van der Waals surface area contributed by atoms with Gasteiger partial charge >= 0.3 is 0 Å². The van der Waals surface area contributed by atoms with E-state index in [1.807, 2.05) is 6.92 Å². The number of hydrogen-bond acceptors (Lipinski definition) is 3. The minimum Gasteiger partial charge on any atom is -0.387 e. The summed E-state index contributed by atoms with van der Waals surface area (Å²) in [7, 11) is 0. The Balaban J connectivity index is 1.88. The van der Waals surface area contributed by atoms with Crippen molar-refractivity contribution in [2.75, 3.05) is 6.54 Å². The quantitative estimate of drug-likeness (QED) is 0.789. The first-order chi connectivity index (χ1) is 9.95. The molecule has 0 aliphatic rings. The van der Waals surface area contributed by atoms with Crippen LogP contribution in [0.3, 0.4) is 0 Å². The number of nitrogens with zero attached hydrogens (tertiary/aromatic N) is 1. The number of amides is 1. The zero-order chi connectivity index (χ0) is 15.4. The Morgan fingerprint density at radius 3 is 2.81 bits per heavy atom. The van der Waals surface area contributed by atoms with E-state index in [0.717, 1.165) is 5.69 Å². The second-order valence-electron chi connectivity index (χ2n) is 4.70. The highest BCUT2D eigenvalue weighted by molar-refractivity contribution is 6.35. The Morgan fingerprint density at radius 1 is 1.43 bits per heavy atom. The largest absolute Gasteiger partial charge is 0.387 e. The van der Waals surface area contributed by atoms with E-state index in [9.17, 15) is 9.90 Å². The summed E-state index contributed by atoms with van der Waals surface area (Å²) < 4.78 is 0. The van der Waals surface area contributed by atoms with Gasteiger partial charge in [0.05, 0.1) is 18.2 Å². The molecule has 112 valence electrons. The van der Waals surface area contributed by atoms with E-state index in [1.165, 1.54) is 0 Å². The van der Waals surface area contributed by atoms with Gasteiger partial charge in [0.15, 0.2) is 0 Å². The lowest BCUT2D eigenvalue weighted by Crippen LogP contribution is -2.29. The Hall–Kier alpha value is -1.56. The molecular weight excluding hydrogens is 313 g/mol. The zero-order valence-electron chi connectivity index (χ0n) is 11.4. The molecule has 0 aliphatic carbocycles. The average molecular weight is 328 g/mol. The van der Waals surface area contributed by atoms with Crippen LogP contribution >= 0.6 is 23.2 Å². The molecule has 1 heterocycles. The number of carbonyl (C=O) groups excluding carboxylic acids is 1. The number of carbonyl (C=O) groups is 1. The number of aliphatic hydroxyl groups excluding tert-OH is 1. The van der Waals surface area contributed by atoms with E-state index < -0.39 is 6.10 Å². The third-order valence-electron chi connectivity index (χ3n) is 2.91. The number of aromatic amines is 1. The molecule has 1 aromatic heterocycles. The van der Waals surface area contributed by atoms with Gasteiger partial charge in [-0.05, 0) is 25.1 Å². The standard InChI is InChI=1S/C14H15Cl2N3O2/c1-8-4-10(19-18-8)6-14(21)17-7-13(20)11-3-2-9(15)5-12(11)16/h2-5,13,20H,6-7H2,1H3,(H,17,21)(H,18,19). The maximum Gasteiger partial charge on any atom is 0.226 e. The minimum absolute atomic E-state index is 0.0730. The van der Waals surface area contributed by atoms with Gasteiger partial charge in [0.1, 0.15) is 0 Å². The van der Waals surface area contributed by atoms with Crippen molar-refractivity contribution in [3.8, 4) is 0 Å². The minimum atomic E-state index is -0.889. The van der Waals surface area contributed by atoms with E-state index in [0.29, 0.717) is 21.3 Å². The van der Waals surface area contributed by atoms with Crippen LogP contribution in [0.4, 0.5) is 0 Å². The van der Waals surface area contributed by atoms with Gasteiger partial charge in [0.2, 0.25) is 5.91 Å². The summed E-state index contributed by atoms with van der Waals surface area (Å²) >= 11 is 11.8. The molecule has 1 atom stereocenters. The molecule has 2 aromatic rings. The van der Waals surface area contributed by atoms with Crippen LogP contribution in [0.25, 0.3) is 0 Å². The Bertz CT molecular complexity index is 643. The maximum atomic E-state index is 11.8. The van der Waals surface area contributed by atoms with Gasteiger partial charge in [-0.2, -0.15) is 5.10 Å². The van der Waals surface area contributed by atoms with Gasteiger partial charge in [-0.3, -0.25) is 9.89 Å². The van der Waals surface area contributed by atoms with E-state index in [-0.39, 0.29) is 18.9 Å². The van der Waals surface area contributed by atoms with Crippen LogP contribution < -0.4 is 5.32 Å².